The first kappa shape index (κ1) is 12.3. The second kappa shape index (κ2) is 4.30. The predicted molar refractivity (Wildman–Crippen MR) is 87.7 cm³/mol. The van der Waals surface area contributed by atoms with Crippen molar-refractivity contribution in [3.63, 3.8) is 0 Å². The minimum atomic E-state index is -0.334. The number of nitrogens with one attached hydrogen (secondary N) is 1. The molecule has 4 aromatic rings. The van der Waals surface area contributed by atoms with Crippen LogP contribution in [0, 0.1) is 10.1 Å². The lowest BCUT2D eigenvalue weighted by molar-refractivity contribution is -0.383. The number of nitrogens with zero attached hydrogens (tertiary/aromatic N) is 1. The first-order valence-corrected chi connectivity index (χ1v) is 7.21. The van der Waals surface area contributed by atoms with Gasteiger partial charge < -0.3 is 4.98 Å². The molecule has 3 aromatic carbocycles. The fourth-order valence-electron chi connectivity index (χ4n) is 2.87. The van der Waals surface area contributed by atoms with E-state index in [-0.39, 0.29) is 10.6 Å². The zero-order chi connectivity index (χ0) is 14.6. The number of hydrogen-bond acceptors (Lipinski definition) is 2. The molecule has 21 heavy (non-hydrogen) atoms. The van der Waals surface area contributed by atoms with Gasteiger partial charge in [0.25, 0.3) is 5.69 Å². The molecule has 0 aliphatic rings. The Kier molecular flexibility index (Phi) is 2.53. The van der Waals surface area contributed by atoms with E-state index in [0.29, 0.717) is 5.39 Å². The third kappa shape index (κ3) is 1.74. The van der Waals surface area contributed by atoms with Gasteiger partial charge in [-0.3, -0.25) is 10.1 Å². The van der Waals surface area contributed by atoms with Crippen molar-refractivity contribution in [1.82, 2.24) is 4.98 Å². The summed E-state index contributed by atoms with van der Waals surface area (Å²) < 4.78 is 0.985. The number of halogens is 1. The van der Waals surface area contributed by atoms with Crippen molar-refractivity contribution in [2.24, 2.45) is 0 Å². The van der Waals surface area contributed by atoms with Crippen LogP contribution in [0.2, 0.25) is 0 Å². The van der Waals surface area contributed by atoms with Crippen LogP contribution in [0.3, 0.4) is 0 Å². The molecule has 0 aliphatic heterocycles. The van der Waals surface area contributed by atoms with Gasteiger partial charge >= 0.3 is 0 Å². The van der Waals surface area contributed by atoms with Gasteiger partial charge in [0.2, 0.25) is 0 Å². The summed E-state index contributed by atoms with van der Waals surface area (Å²) in [5.74, 6) is 0. The molecule has 102 valence electrons. The lowest BCUT2D eigenvalue weighted by Crippen LogP contribution is -1.89. The fraction of sp³-hybridized carbons (Fsp3) is 0. The smallest absolute Gasteiger partial charge is 0.277 e. The molecule has 0 unspecified atom stereocenters. The van der Waals surface area contributed by atoms with Gasteiger partial charge in [0.1, 0.15) is 0 Å². The normalized spacial score (nSPS) is 11.5. The second-order valence-electron chi connectivity index (χ2n) is 4.93. The topological polar surface area (TPSA) is 58.9 Å². The van der Waals surface area contributed by atoms with Crippen LogP contribution in [0.4, 0.5) is 5.69 Å². The second-order valence-corrected chi connectivity index (χ2v) is 5.85. The minimum Gasteiger partial charge on any atom is -0.354 e. The van der Waals surface area contributed by atoms with Gasteiger partial charge in [-0.2, -0.15) is 0 Å². The molecule has 0 saturated carbocycles. The zero-order valence-electron chi connectivity index (χ0n) is 10.8. The molecule has 0 amide bonds. The van der Waals surface area contributed by atoms with Crippen molar-refractivity contribution in [2.75, 3.05) is 0 Å². The lowest BCUT2D eigenvalue weighted by Gasteiger charge is -2.01. The van der Waals surface area contributed by atoms with Crippen molar-refractivity contribution in [1.29, 1.82) is 0 Å². The Hall–Kier alpha value is -2.40. The summed E-state index contributed by atoms with van der Waals surface area (Å²) in [5, 5.41) is 14.8. The summed E-state index contributed by atoms with van der Waals surface area (Å²) in [7, 11) is 0. The van der Waals surface area contributed by atoms with Crippen molar-refractivity contribution < 1.29 is 4.92 Å². The number of aromatic nitrogens is 1. The average molecular weight is 341 g/mol. The molecule has 0 aliphatic carbocycles. The van der Waals surface area contributed by atoms with Crippen LogP contribution in [0.15, 0.2) is 53.0 Å². The number of benzene rings is 3. The quantitative estimate of drug-likeness (QED) is 0.385. The van der Waals surface area contributed by atoms with E-state index in [1.54, 1.807) is 18.2 Å². The summed E-state index contributed by atoms with van der Waals surface area (Å²) in [6, 6.07) is 14.9. The van der Waals surface area contributed by atoms with Gasteiger partial charge in [-0.25, -0.2) is 0 Å². The molecular formula is C16H9BrN2O2. The number of nitro groups is 1. The van der Waals surface area contributed by atoms with Crippen LogP contribution in [0.25, 0.3) is 32.6 Å². The third-order valence-corrected chi connectivity index (χ3v) is 4.25. The molecule has 4 nitrogen and oxygen atoms in total. The standard InChI is InChI=1S/C16H9BrN2O2/c17-9-4-6-13-12(8-9)16-11-2-1-3-15(19(20)21)10(11)5-7-14(16)18-13/h1-8,18H. The fourth-order valence-corrected chi connectivity index (χ4v) is 3.23. The van der Waals surface area contributed by atoms with E-state index in [1.165, 1.54) is 0 Å². The van der Waals surface area contributed by atoms with E-state index in [9.17, 15) is 10.1 Å². The molecule has 0 atom stereocenters. The predicted octanol–water partition coefficient (Wildman–Crippen LogP) is 5.15. The van der Waals surface area contributed by atoms with Crippen molar-refractivity contribution in [3.05, 3.63) is 63.1 Å². The van der Waals surface area contributed by atoms with Crippen LogP contribution in [0.5, 0.6) is 0 Å². The summed E-state index contributed by atoms with van der Waals surface area (Å²) in [6.45, 7) is 0. The molecular weight excluding hydrogens is 332 g/mol. The summed E-state index contributed by atoms with van der Waals surface area (Å²) in [6.07, 6.45) is 0. The molecule has 1 aromatic heterocycles. The number of hydrogen-bond donors (Lipinski definition) is 1. The van der Waals surface area contributed by atoms with E-state index in [1.807, 2.05) is 30.3 Å². The zero-order valence-corrected chi connectivity index (χ0v) is 12.3. The molecule has 0 radical (unpaired) electrons. The van der Waals surface area contributed by atoms with E-state index in [0.717, 1.165) is 31.7 Å². The highest BCUT2D eigenvalue weighted by Gasteiger charge is 2.15. The Morgan fingerprint density at radius 3 is 2.57 bits per heavy atom. The van der Waals surface area contributed by atoms with E-state index in [2.05, 4.69) is 20.9 Å². The van der Waals surface area contributed by atoms with Crippen LogP contribution in [-0.2, 0) is 0 Å². The van der Waals surface area contributed by atoms with Gasteiger partial charge in [0.05, 0.1) is 10.3 Å². The number of rotatable bonds is 1. The summed E-state index contributed by atoms with van der Waals surface area (Å²) >= 11 is 3.48. The minimum absolute atomic E-state index is 0.138. The Labute approximate surface area is 127 Å². The molecule has 5 heteroatoms. The number of non-ortho nitro benzene ring substituents is 1. The van der Waals surface area contributed by atoms with Gasteiger partial charge in [-0.1, -0.05) is 28.1 Å². The number of fused-ring (bicyclic) bond motifs is 5. The van der Waals surface area contributed by atoms with Crippen molar-refractivity contribution in [2.45, 2.75) is 0 Å². The first-order valence-electron chi connectivity index (χ1n) is 6.42. The SMILES string of the molecule is O=[N+]([O-])c1cccc2c1ccc1[nH]c3ccc(Br)cc3c12. The highest BCUT2D eigenvalue weighted by atomic mass is 79.9. The lowest BCUT2D eigenvalue weighted by atomic mass is 10.0. The molecule has 0 spiro atoms. The van der Waals surface area contributed by atoms with Crippen LogP contribution in [-0.4, -0.2) is 9.91 Å². The first-order chi connectivity index (χ1) is 10.1. The molecule has 0 fully saturated rings. The van der Waals surface area contributed by atoms with E-state index >= 15 is 0 Å². The maximum absolute atomic E-state index is 11.2. The molecule has 1 heterocycles. The molecule has 4 rings (SSSR count). The third-order valence-electron chi connectivity index (χ3n) is 3.76. The van der Waals surface area contributed by atoms with Crippen molar-refractivity contribution in [3.8, 4) is 0 Å². The van der Waals surface area contributed by atoms with Crippen LogP contribution in [0.1, 0.15) is 0 Å². The monoisotopic (exact) mass is 340 g/mol. The maximum atomic E-state index is 11.2. The molecule has 0 saturated heterocycles. The summed E-state index contributed by atoms with van der Waals surface area (Å²) in [5.41, 5.74) is 2.14. The Balaban J connectivity index is 2.27. The average Bonchev–Trinajstić information content (AvgIpc) is 2.84. The van der Waals surface area contributed by atoms with E-state index in [4.69, 9.17) is 0 Å². The van der Waals surface area contributed by atoms with Crippen LogP contribution >= 0.6 is 15.9 Å². The molecule has 1 N–H and O–H groups in total. The number of nitro benzene ring substituents is 1. The Morgan fingerprint density at radius 1 is 0.952 bits per heavy atom. The van der Waals surface area contributed by atoms with Gasteiger partial charge in [0.15, 0.2) is 0 Å². The van der Waals surface area contributed by atoms with Gasteiger partial charge in [0, 0.05) is 32.3 Å². The Morgan fingerprint density at radius 2 is 1.76 bits per heavy atom. The highest BCUT2D eigenvalue weighted by molar-refractivity contribution is 9.10. The largest absolute Gasteiger partial charge is 0.354 e. The van der Waals surface area contributed by atoms with Crippen LogP contribution < -0.4 is 0 Å². The number of H-pyrrole nitrogens is 1. The Bertz CT molecular complexity index is 1040. The molecule has 0 bridgehead atoms. The van der Waals surface area contributed by atoms with Crippen molar-refractivity contribution >= 4 is 54.2 Å². The van der Waals surface area contributed by atoms with E-state index < -0.39 is 0 Å². The maximum Gasteiger partial charge on any atom is 0.277 e. The van der Waals surface area contributed by atoms with Gasteiger partial charge in [-0.15, -0.1) is 0 Å². The van der Waals surface area contributed by atoms with Gasteiger partial charge in [-0.05, 0) is 35.7 Å². The highest BCUT2D eigenvalue weighted by Crippen LogP contribution is 2.36. The number of aromatic amines is 1. The summed E-state index contributed by atoms with van der Waals surface area (Å²) in [4.78, 5) is 14.2.